The monoisotopic (exact) mass is 435 g/mol. The van der Waals surface area contributed by atoms with Crippen molar-refractivity contribution in [1.82, 2.24) is 5.32 Å². The van der Waals surface area contributed by atoms with E-state index in [0.29, 0.717) is 18.5 Å². The van der Waals surface area contributed by atoms with Gasteiger partial charge in [0, 0.05) is 18.7 Å². The summed E-state index contributed by atoms with van der Waals surface area (Å²) in [6.45, 7) is 3.38. The van der Waals surface area contributed by atoms with Crippen molar-refractivity contribution in [2.75, 3.05) is 24.2 Å². The fourth-order valence-electron chi connectivity index (χ4n) is 3.00. The standard InChI is InChI=1S/C20H25N3O6S/c1-14-5-8-17(23(25)26)13-19(14)22(30(4,27)28)15(2)20(24)21-12-11-16-6-9-18(29-3)10-7-16/h5-10,13,15H,11-12H2,1-4H3,(H,21,24)/t15-/m1/s1. The third kappa shape index (κ3) is 5.69. The minimum Gasteiger partial charge on any atom is -0.497 e. The average Bonchev–Trinajstić information content (AvgIpc) is 2.68. The first-order chi connectivity index (χ1) is 14.0. The van der Waals surface area contributed by atoms with Gasteiger partial charge < -0.3 is 10.1 Å². The molecule has 1 N–H and O–H groups in total. The second kappa shape index (κ2) is 9.57. The highest BCUT2D eigenvalue weighted by molar-refractivity contribution is 7.92. The topological polar surface area (TPSA) is 119 Å². The number of methoxy groups -OCH3 is 1. The normalized spacial score (nSPS) is 12.1. The number of amides is 1. The fraction of sp³-hybridized carbons (Fsp3) is 0.350. The van der Waals surface area contributed by atoms with Crippen molar-refractivity contribution in [2.24, 2.45) is 0 Å². The van der Waals surface area contributed by atoms with Gasteiger partial charge in [0.25, 0.3) is 5.69 Å². The number of carbonyl (C=O) groups excluding carboxylic acids is 1. The summed E-state index contributed by atoms with van der Waals surface area (Å²) in [5.74, 6) is 0.229. The maximum Gasteiger partial charge on any atom is 0.271 e. The molecule has 0 aliphatic heterocycles. The summed E-state index contributed by atoms with van der Waals surface area (Å²) in [5.41, 5.74) is 1.34. The summed E-state index contributed by atoms with van der Waals surface area (Å²) in [7, 11) is -2.30. The van der Waals surface area contributed by atoms with E-state index in [1.807, 2.05) is 24.3 Å². The van der Waals surface area contributed by atoms with Crippen LogP contribution >= 0.6 is 0 Å². The summed E-state index contributed by atoms with van der Waals surface area (Å²) in [6.07, 6.45) is 1.52. The van der Waals surface area contributed by atoms with Crippen LogP contribution in [0.5, 0.6) is 5.75 Å². The van der Waals surface area contributed by atoms with Crippen molar-refractivity contribution in [3.63, 3.8) is 0 Å². The number of anilines is 1. The van der Waals surface area contributed by atoms with E-state index in [9.17, 15) is 23.3 Å². The number of nitro benzene ring substituents is 1. The Morgan fingerprint density at radius 3 is 2.40 bits per heavy atom. The molecule has 0 heterocycles. The second-order valence-corrected chi connectivity index (χ2v) is 8.71. The number of sulfonamides is 1. The van der Waals surface area contributed by atoms with E-state index in [-0.39, 0.29) is 11.4 Å². The van der Waals surface area contributed by atoms with Crippen molar-refractivity contribution >= 4 is 27.3 Å². The zero-order chi connectivity index (χ0) is 22.5. The molecular formula is C20H25N3O6S. The number of non-ortho nitro benzene ring substituents is 1. The van der Waals surface area contributed by atoms with Crippen molar-refractivity contribution in [1.29, 1.82) is 0 Å². The van der Waals surface area contributed by atoms with Crippen LogP contribution in [0, 0.1) is 17.0 Å². The van der Waals surface area contributed by atoms with E-state index in [0.717, 1.165) is 27.9 Å². The largest absolute Gasteiger partial charge is 0.497 e. The number of benzene rings is 2. The van der Waals surface area contributed by atoms with Gasteiger partial charge >= 0.3 is 0 Å². The Kier molecular flexibility index (Phi) is 7.38. The fourth-order valence-corrected chi connectivity index (χ4v) is 4.22. The molecule has 0 aliphatic carbocycles. The zero-order valence-electron chi connectivity index (χ0n) is 17.3. The number of carbonyl (C=O) groups is 1. The summed E-state index contributed by atoms with van der Waals surface area (Å²) < 4.78 is 30.9. The van der Waals surface area contributed by atoms with Crippen LogP contribution < -0.4 is 14.4 Å². The molecule has 162 valence electrons. The first-order valence-electron chi connectivity index (χ1n) is 9.19. The van der Waals surface area contributed by atoms with Crippen LogP contribution in [0.25, 0.3) is 0 Å². The van der Waals surface area contributed by atoms with Gasteiger partial charge in [0.2, 0.25) is 15.9 Å². The Balaban J connectivity index is 2.17. The number of ether oxygens (including phenoxy) is 1. The van der Waals surface area contributed by atoms with Crippen LogP contribution in [0.15, 0.2) is 42.5 Å². The molecule has 0 aliphatic rings. The molecule has 0 spiro atoms. The van der Waals surface area contributed by atoms with Crippen molar-refractivity contribution in [2.45, 2.75) is 26.3 Å². The predicted octanol–water partition coefficient (Wildman–Crippen LogP) is 2.43. The molecule has 0 bridgehead atoms. The quantitative estimate of drug-likeness (QED) is 0.477. The lowest BCUT2D eigenvalue weighted by Crippen LogP contribution is -2.48. The first kappa shape index (κ1) is 23.1. The van der Waals surface area contributed by atoms with Gasteiger partial charge in [-0.05, 0) is 43.5 Å². The van der Waals surface area contributed by atoms with Crippen LogP contribution in [0.4, 0.5) is 11.4 Å². The molecule has 0 fully saturated rings. The summed E-state index contributed by atoms with van der Waals surface area (Å²) in [4.78, 5) is 23.2. The number of hydrogen-bond donors (Lipinski definition) is 1. The van der Waals surface area contributed by atoms with Crippen LogP contribution in [0.3, 0.4) is 0 Å². The van der Waals surface area contributed by atoms with Gasteiger partial charge in [0.1, 0.15) is 11.8 Å². The van der Waals surface area contributed by atoms with E-state index in [1.165, 1.54) is 19.1 Å². The molecule has 0 saturated heterocycles. The van der Waals surface area contributed by atoms with Gasteiger partial charge in [-0.3, -0.25) is 19.2 Å². The Hall–Kier alpha value is -3.14. The van der Waals surface area contributed by atoms with E-state index in [1.54, 1.807) is 14.0 Å². The molecule has 30 heavy (non-hydrogen) atoms. The molecule has 9 nitrogen and oxygen atoms in total. The number of nitrogens with one attached hydrogen (secondary N) is 1. The number of aryl methyl sites for hydroxylation is 1. The molecular weight excluding hydrogens is 410 g/mol. The van der Waals surface area contributed by atoms with Gasteiger partial charge in [-0.1, -0.05) is 18.2 Å². The molecule has 0 saturated carbocycles. The molecule has 0 unspecified atom stereocenters. The number of rotatable bonds is 9. The van der Waals surface area contributed by atoms with Crippen LogP contribution in [0.2, 0.25) is 0 Å². The molecule has 1 atom stereocenters. The molecule has 2 aromatic carbocycles. The Morgan fingerprint density at radius 1 is 1.23 bits per heavy atom. The number of nitrogens with zero attached hydrogens (tertiary/aromatic N) is 2. The van der Waals surface area contributed by atoms with Crippen molar-refractivity contribution in [3.05, 3.63) is 63.7 Å². The highest BCUT2D eigenvalue weighted by atomic mass is 32.2. The van der Waals surface area contributed by atoms with Gasteiger partial charge in [-0.25, -0.2) is 8.42 Å². The second-order valence-electron chi connectivity index (χ2n) is 6.85. The molecule has 2 rings (SSSR count). The third-order valence-electron chi connectivity index (χ3n) is 4.60. The van der Waals surface area contributed by atoms with Crippen molar-refractivity contribution in [3.8, 4) is 5.75 Å². The predicted molar refractivity (Wildman–Crippen MR) is 114 cm³/mol. The smallest absolute Gasteiger partial charge is 0.271 e. The number of hydrogen-bond acceptors (Lipinski definition) is 6. The van der Waals surface area contributed by atoms with Gasteiger partial charge in [0.05, 0.1) is 24.0 Å². The summed E-state index contributed by atoms with van der Waals surface area (Å²) in [5, 5.41) is 13.8. The first-order valence-corrected chi connectivity index (χ1v) is 11.0. The van der Waals surface area contributed by atoms with Gasteiger partial charge in [-0.15, -0.1) is 0 Å². The molecule has 0 aromatic heterocycles. The lowest BCUT2D eigenvalue weighted by atomic mass is 10.1. The van der Waals surface area contributed by atoms with E-state index in [2.05, 4.69) is 5.32 Å². The molecule has 2 aromatic rings. The number of nitro groups is 1. The van der Waals surface area contributed by atoms with E-state index < -0.39 is 26.9 Å². The minimum atomic E-state index is -3.88. The van der Waals surface area contributed by atoms with Crippen molar-refractivity contribution < 1.29 is 22.9 Å². The highest BCUT2D eigenvalue weighted by Crippen LogP contribution is 2.29. The highest BCUT2D eigenvalue weighted by Gasteiger charge is 2.31. The van der Waals surface area contributed by atoms with Crippen LogP contribution in [0.1, 0.15) is 18.1 Å². The SMILES string of the molecule is COc1ccc(CCNC(=O)[C@@H](C)N(c2cc([N+](=O)[O-])ccc2C)S(C)(=O)=O)cc1. The van der Waals surface area contributed by atoms with Crippen LogP contribution in [-0.4, -0.2) is 45.2 Å². The molecule has 0 radical (unpaired) electrons. The van der Waals surface area contributed by atoms with Gasteiger partial charge in [-0.2, -0.15) is 0 Å². The Labute approximate surface area is 175 Å². The van der Waals surface area contributed by atoms with E-state index >= 15 is 0 Å². The molecule has 10 heteroatoms. The average molecular weight is 436 g/mol. The summed E-state index contributed by atoms with van der Waals surface area (Å²) in [6, 6.07) is 10.2. The summed E-state index contributed by atoms with van der Waals surface area (Å²) >= 11 is 0. The maximum atomic E-state index is 12.7. The minimum absolute atomic E-state index is 0.101. The van der Waals surface area contributed by atoms with Crippen LogP contribution in [-0.2, 0) is 21.2 Å². The van der Waals surface area contributed by atoms with E-state index in [4.69, 9.17) is 4.74 Å². The Morgan fingerprint density at radius 2 is 1.87 bits per heavy atom. The lowest BCUT2D eigenvalue weighted by Gasteiger charge is -2.29. The molecule has 1 amide bonds. The Bertz CT molecular complexity index is 1020. The maximum absolute atomic E-state index is 12.7. The zero-order valence-corrected chi connectivity index (χ0v) is 18.1. The third-order valence-corrected chi connectivity index (χ3v) is 5.83. The van der Waals surface area contributed by atoms with Gasteiger partial charge in [0.15, 0.2) is 0 Å². The lowest BCUT2D eigenvalue weighted by molar-refractivity contribution is -0.384.